The van der Waals surface area contributed by atoms with Gasteiger partial charge in [0.2, 0.25) is 0 Å². The van der Waals surface area contributed by atoms with Crippen LogP contribution in [-0.2, 0) is 0 Å². The number of likely N-dealkylation sites (N-methyl/N-ethyl adjacent to an activating group) is 6. The molecule has 6 heteroatoms. The molecule has 0 aromatic carbocycles. The van der Waals surface area contributed by atoms with Gasteiger partial charge in [-0.05, 0) is 42.3 Å². The molecule has 6 nitrogen and oxygen atoms in total. The Morgan fingerprint density at radius 3 is 0.417 bits per heavy atom. The minimum absolute atomic E-state index is 1.15. The van der Waals surface area contributed by atoms with E-state index >= 15 is 0 Å². The summed E-state index contributed by atoms with van der Waals surface area (Å²) < 4.78 is 0. The Morgan fingerprint density at radius 2 is 0.333 bits per heavy atom. The van der Waals surface area contributed by atoms with Gasteiger partial charge in [0.1, 0.15) is 0 Å². The molecule has 144 valence electrons. The van der Waals surface area contributed by atoms with E-state index in [1.165, 1.54) is 0 Å². The summed E-state index contributed by atoms with van der Waals surface area (Å²) in [5, 5.41) is 0. The molecule has 1 fully saturated rings. The fourth-order valence-corrected chi connectivity index (χ4v) is 2.72. The van der Waals surface area contributed by atoms with E-state index in [4.69, 9.17) is 0 Å². The van der Waals surface area contributed by atoms with Gasteiger partial charge in [-0.3, -0.25) is 0 Å². The standard InChI is InChI=1S/C18H42N6/c1-19-7-9-20(2)11-13-22(4)15-17-24(6)18-16-23(5)14-12-21(3)10-8-19/h7-18H2,1-6H3. The average Bonchev–Trinajstić information content (AvgIpc) is 2.56. The zero-order chi connectivity index (χ0) is 17.9. The van der Waals surface area contributed by atoms with Crippen LogP contribution in [0.3, 0.4) is 0 Å². The fraction of sp³-hybridized carbons (Fsp3) is 1.00. The van der Waals surface area contributed by atoms with Gasteiger partial charge in [0, 0.05) is 78.5 Å². The molecule has 0 N–H and O–H groups in total. The van der Waals surface area contributed by atoms with Crippen LogP contribution in [0, 0.1) is 0 Å². The van der Waals surface area contributed by atoms with Crippen LogP contribution in [-0.4, -0.2) is 150 Å². The zero-order valence-corrected chi connectivity index (χ0v) is 17.2. The number of rotatable bonds is 0. The predicted molar refractivity (Wildman–Crippen MR) is 105 cm³/mol. The molecule has 1 aliphatic rings. The molecule has 1 rings (SSSR count). The molecule has 0 radical (unpaired) electrons. The van der Waals surface area contributed by atoms with Crippen molar-refractivity contribution in [2.75, 3.05) is 121 Å². The van der Waals surface area contributed by atoms with Crippen LogP contribution in [0.15, 0.2) is 0 Å². The first kappa shape index (κ1) is 21.8. The van der Waals surface area contributed by atoms with E-state index in [1.807, 2.05) is 0 Å². The average molecular weight is 343 g/mol. The van der Waals surface area contributed by atoms with Crippen molar-refractivity contribution in [2.45, 2.75) is 0 Å². The molecule has 1 heterocycles. The molecule has 1 aliphatic heterocycles. The molecule has 0 aliphatic carbocycles. The van der Waals surface area contributed by atoms with Crippen molar-refractivity contribution in [1.29, 1.82) is 0 Å². The molecule has 0 atom stereocenters. The second-order valence-electron chi connectivity index (χ2n) is 7.82. The first-order valence-corrected chi connectivity index (χ1v) is 9.48. The fourth-order valence-electron chi connectivity index (χ4n) is 2.72. The summed E-state index contributed by atoms with van der Waals surface area (Å²) >= 11 is 0. The van der Waals surface area contributed by atoms with Crippen LogP contribution in [0.2, 0.25) is 0 Å². The van der Waals surface area contributed by atoms with E-state index in [0.717, 1.165) is 78.5 Å². The third kappa shape index (κ3) is 10.6. The maximum absolute atomic E-state index is 2.46. The monoisotopic (exact) mass is 342 g/mol. The highest BCUT2D eigenvalue weighted by molar-refractivity contribution is 4.66. The van der Waals surface area contributed by atoms with Gasteiger partial charge in [-0.1, -0.05) is 0 Å². The smallest absolute Gasteiger partial charge is 0.0107 e. The highest BCUT2D eigenvalue weighted by atomic mass is 15.2. The molecule has 0 amide bonds. The van der Waals surface area contributed by atoms with Gasteiger partial charge in [-0.15, -0.1) is 0 Å². The van der Waals surface area contributed by atoms with Gasteiger partial charge < -0.3 is 29.4 Å². The summed E-state index contributed by atoms with van der Waals surface area (Å²) in [5.74, 6) is 0. The first-order chi connectivity index (χ1) is 11.4. The van der Waals surface area contributed by atoms with Crippen LogP contribution >= 0.6 is 0 Å². The van der Waals surface area contributed by atoms with E-state index in [9.17, 15) is 0 Å². The minimum Gasteiger partial charge on any atom is -0.304 e. The SMILES string of the molecule is CN1CCN(C)CCN(C)CCN(C)CCN(C)CCN(C)CC1. The minimum atomic E-state index is 1.15. The third-order valence-electron chi connectivity index (χ3n) is 5.18. The number of nitrogens with zero attached hydrogens (tertiary/aromatic N) is 6. The highest BCUT2D eigenvalue weighted by Crippen LogP contribution is 1.94. The van der Waals surface area contributed by atoms with Crippen molar-refractivity contribution < 1.29 is 0 Å². The molecule has 0 unspecified atom stereocenters. The Balaban J connectivity index is 2.47. The summed E-state index contributed by atoms with van der Waals surface area (Å²) in [6.07, 6.45) is 0. The Morgan fingerprint density at radius 1 is 0.250 bits per heavy atom. The van der Waals surface area contributed by atoms with Crippen LogP contribution < -0.4 is 0 Å². The number of hydrogen-bond donors (Lipinski definition) is 0. The largest absolute Gasteiger partial charge is 0.304 e. The molecule has 1 saturated heterocycles. The van der Waals surface area contributed by atoms with E-state index in [-0.39, 0.29) is 0 Å². The molecule has 0 bridgehead atoms. The molecule has 24 heavy (non-hydrogen) atoms. The van der Waals surface area contributed by atoms with Gasteiger partial charge in [-0.2, -0.15) is 0 Å². The van der Waals surface area contributed by atoms with E-state index in [2.05, 4.69) is 71.7 Å². The van der Waals surface area contributed by atoms with E-state index in [0.29, 0.717) is 0 Å². The quantitative estimate of drug-likeness (QED) is 0.592. The normalized spacial score (nSPS) is 26.2. The third-order valence-corrected chi connectivity index (χ3v) is 5.18. The van der Waals surface area contributed by atoms with Crippen molar-refractivity contribution in [3.8, 4) is 0 Å². The van der Waals surface area contributed by atoms with Gasteiger partial charge in [0.15, 0.2) is 0 Å². The predicted octanol–water partition coefficient (Wildman–Crippen LogP) is -0.409. The van der Waals surface area contributed by atoms with Crippen molar-refractivity contribution in [3.05, 3.63) is 0 Å². The molecule has 0 saturated carbocycles. The lowest BCUT2D eigenvalue weighted by molar-refractivity contribution is 0.181. The Hall–Kier alpha value is -0.240. The Kier molecular flexibility index (Phi) is 11.1. The molecule has 0 aromatic heterocycles. The van der Waals surface area contributed by atoms with Crippen LogP contribution in [0.4, 0.5) is 0 Å². The molecule has 0 aromatic rings. The summed E-state index contributed by atoms with van der Waals surface area (Å²) in [4.78, 5) is 14.7. The van der Waals surface area contributed by atoms with E-state index in [1.54, 1.807) is 0 Å². The summed E-state index contributed by atoms with van der Waals surface area (Å²) in [6.45, 7) is 13.8. The molecule has 0 spiro atoms. The van der Waals surface area contributed by atoms with Crippen LogP contribution in [0.1, 0.15) is 0 Å². The summed E-state index contributed by atoms with van der Waals surface area (Å²) in [5.41, 5.74) is 0. The van der Waals surface area contributed by atoms with Crippen molar-refractivity contribution in [3.63, 3.8) is 0 Å². The lowest BCUT2D eigenvalue weighted by Crippen LogP contribution is -2.42. The number of hydrogen-bond acceptors (Lipinski definition) is 6. The van der Waals surface area contributed by atoms with E-state index < -0.39 is 0 Å². The van der Waals surface area contributed by atoms with Crippen molar-refractivity contribution in [1.82, 2.24) is 29.4 Å². The topological polar surface area (TPSA) is 19.4 Å². The second kappa shape index (κ2) is 12.2. The molecular weight excluding hydrogens is 300 g/mol. The Bertz CT molecular complexity index is 212. The van der Waals surface area contributed by atoms with Gasteiger partial charge in [0.25, 0.3) is 0 Å². The summed E-state index contributed by atoms with van der Waals surface area (Å²) in [7, 11) is 13.5. The van der Waals surface area contributed by atoms with Gasteiger partial charge in [-0.25, -0.2) is 0 Å². The highest BCUT2D eigenvalue weighted by Gasteiger charge is 2.09. The van der Waals surface area contributed by atoms with Gasteiger partial charge >= 0.3 is 0 Å². The maximum atomic E-state index is 2.46. The van der Waals surface area contributed by atoms with Crippen LogP contribution in [0.5, 0.6) is 0 Å². The maximum Gasteiger partial charge on any atom is 0.0107 e. The van der Waals surface area contributed by atoms with Gasteiger partial charge in [0.05, 0.1) is 0 Å². The lowest BCUT2D eigenvalue weighted by Gasteiger charge is -2.28. The van der Waals surface area contributed by atoms with Crippen molar-refractivity contribution >= 4 is 0 Å². The van der Waals surface area contributed by atoms with Crippen molar-refractivity contribution in [2.24, 2.45) is 0 Å². The zero-order valence-electron chi connectivity index (χ0n) is 17.2. The molecular formula is C18H42N6. The second-order valence-corrected chi connectivity index (χ2v) is 7.82. The first-order valence-electron chi connectivity index (χ1n) is 9.48. The lowest BCUT2D eigenvalue weighted by atomic mass is 10.4. The summed E-state index contributed by atoms with van der Waals surface area (Å²) in [6, 6.07) is 0. The Labute approximate surface area is 150 Å². The van der Waals surface area contributed by atoms with Crippen LogP contribution in [0.25, 0.3) is 0 Å².